The van der Waals surface area contributed by atoms with Crippen molar-refractivity contribution in [1.29, 1.82) is 0 Å². The fourth-order valence-electron chi connectivity index (χ4n) is 3.37. The van der Waals surface area contributed by atoms with Gasteiger partial charge in [0.15, 0.2) is 5.96 Å². The standard InChI is InChI=1S/C21H25N7.HI/c1-22-21(27-13-11-26(12-14-27)20-9-5-6-10-23-20)24-15-18-16-25-28(17-18)19-7-3-2-4-8-19;/h2-10,16-17H,11-15H2,1H3,(H,22,24);1H. The van der Waals surface area contributed by atoms with E-state index in [1.165, 1.54) is 0 Å². The SMILES string of the molecule is CN=C(NCc1cnn(-c2ccccc2)c1)N1CCN(c2ccccn2)CC1.I. The first-order valence-corrected chi connectivity index (χ1v) is 9.54. The van der Waals surface area contributed by atoms with Gasteiger partial charge in [-0.1, -0.05) is 24.3 Å². The molecule has 4 rings (SSSR count). The monoisotopic (exact) mass is 503 g/mol. The summed E-state index contributed by atoms with van der Waals surface area (Å²) < 4.78 is 1.89. The van der Waals surface area contributed by atoms with E-state index in [0.717, 1.165) is 49.2 Å². The number of guanidine groups is 1. The van der Waals surface area contributed by atoms with Gasteiger partial charge in [0.2, 0.25) is 0 Å². The highest BCUT2D eigenvalue weighted by molar-refractivity contribution is 14.0. The van der Waals surface area contributed by atoms with Crippen molar-refractivity contribution in [3.8, 4) is 5.69 Å². The van der Waals surface area contributed by atoms with Gasteiger partial charge in [-0.2, -0.15) is 5.10 Å². The number of anilines is 1. The first-order chi connectivity index (χ1) is 13.8. The van der Waals surface area contributed by atoms with Crippen LogP contribution in [0.2, 0.25) is 0 Å². The molecule has 0 amide bonds. The molecule has 1 saturated heterocycles. The molecular formula is C21H26IN7. The second-order valence-corrected chi connectivity index (χ2v) is 6.69. The smallest absolute Gasteiger partial charge is 0.194 e. The van der Waals surface area contributed by atoms with E-state index in [4.69, 9.17) is 0 Å². The molecule has 1 fully saturated rings. The highest BCUT2D eigenvalue weighted by Gasteiger charge is 2.20. The third kappa shape index (κ3) is 5.26. The Hall–Kier alpha value is -2.62. The summed E-state index contributed by atoms with van der Waals surface area (Å²) in [6.45, 7) is 4.40. The van der Waals surface area contributed by atoms with Gasteiger partial charge in [0, 0.05) is 57.7 Å². The zero-order valence-corrected chi connectivity index (χ0v) is 18.8. The van der Waals surface area contributed by atoms with Crippen LogP contribution in [0.3, 0.4) is 0 Å². The van der Waals surface area contributed by atoms with Crippen molar-refractivity contribution in [2.24, 2.45) is 4.99 Å². The summed E-state index contributed by atoms with van der Waals surface area (Å²) in [7, 11) is 1.83. The molecule has 8 heteroatoms. The van der Waals surface area contributed by atoms with Crippen molar-refractivity contribution in [3.05, 3.63) is 72.7 Å². The van der Waals surface area contributed by atoms with Gasteiger partial charge in [-0.15, -0.1) is 24.0 Å². The number of nitrogens with one attached hydrogen (secondary N) is 1. The van der Waals surface area contributed by atoms with E-state index >= 15 is 0 Å². The second kappa shape index (κ2) is 10.2. The molecule has 0 atom stereocenters. The van der Waals surface area contributed by atoms with Crippen LogP contribution in [0.1, 0.15) is 5.56 Å². The van der Waals surface area contributed by atoms with E-state index in [2.05, 4.69) is 42.5 Å². The fraction of sp³-hybridized carbons (Fsp3) is 0.286. The summed E-state index contributed by atoms with van der Waals surface area (Å²) in [4.78, 5) is 13.5. The molecule has 1 N–H and O–H groups in total. The minimum absolute atomic E-state index is 0. The second-order valence-electron chi connectivity index (χ2n) is 6.69. The maximum atomic E-state index is 4.46. The van der Waals surface area contributed by atoms with E-state index in [9.17, 15) is 0 Å². The van der Waals surface area contributed by atoms with Gasteiger partial charge >= 0.3 is 0 Å². The number of nitrogens with zero attached hydrogens (tertiary/aromatic N) is 6. The topological polar surface area (TPSA) is 61.6 Å². The van der Waals surface area contributed by atoms with Gasteiger partial charge in [0.1, 0.15) is 5.82 Å². The minimum atomic E-state index is 0. The summed E-state index contributed by atoms with van der Waals surface area (Å²) in [5.41, 5.74) is 2.18. The minimum Gasteiger partial charge on any atom is -0.353 e. The number of halogens is 1. The lowest BCUT2D eigenvalue weighted by atomic mass is 10.3. The Kier molecular flexibility index (Phi) is 7.45. The lowest BCUT2D eigenvalue weighted by molar-refractivity contribution is 0.371. The largest absolute Gasteiger partial charge is 0.353 e. The number of aliphatic imine (C=N–C) groups is 1. The lowest BCUT2D eigenvalue weighted by Gasteiger charge is -2.37. The number of pyridine rings is 1. The van der Waals surface area contributed by atoms with Crippen molar-refractivity contribution in [2.75, 3.05) is 38.1 Å². The van der Waals surface area contributed by atoms with Gasteiger partial charge in [0.05, 0.1) is 11.9 Å². The molecule has 0 bridgehead atoms. The van der Waals surface area contributed by atoms with Crippen molar-refractivity contribution >= 4 is 35.8 Å². The molecule has 0 radical (unpaired) electrons. The zero-order chi connectivity index (χ0) is 19.2. The van der Waals surface area contributed by atoms with Crippen molar-refractivity contribution < 1.29 is 0 Å². The third-order valence-corrected chi connectivity index (χ3v) is 4.87. The molecule has 0 unspecified atom stereocenters. The van der Waals surface area contributed by atoms with Crippen molar-refractivity contribution in [2.45, 2.75) is 6.54 Å². The summed E-state index contributed by atoms with van der Waals surface area (Å²) in [6, 6.07) is 16.2. The normalized spacial score (nSPS) is 14.4. The maximum absolute atomic E-state index is 4.46. The first-order valence-electron chi connectivity index (χ1n) is 9.54. The number of hydrogen-bond acceptors (Lipinski definition) is 4. The predicted molar refractivity (Wildman–Crippen MR) is 127 cm³/mol. The van der Waals surface area contributed by atoms with E-state index in [1.54, 1.807) is 0 Å². The fourth-order valence-corrected chi connectivity index (χ4v) is 3.37. The third-order valence-electron chi connectivity index (χ3n) is 4.87. The number of para-hydroxylation sites is 1. The number of piperazine rings is 1. The summed E-state index contributed by atoms with van der Waals surface area (Å²) >= 11 is 0. The Morgan fingerprint density at radius 1 is 1.03 bits per heavy atom. The molecule has 1 aliphatic rings. The van der Waals surface area contributed by atoms with Crippen LogP contribution < -0.4 is 10.2 Å². The van der Waals surface area contributed by atoms with Crippen LogP contribution in [0.25, 0.3) is 5.69 Å². The van der Waals surface area contributed by atoms with Gasteiger partial charge in [-0.25, -0.2) is 9.67 Å². The van der Waals surface area contributed by atoms with Crippen molar-refractivity contribution in [1.82, 2.24) is 25.0 Å². The molecule has 0 spiro atoms. The predicted octanol–water partition coefficient (Wildman–Crippen LogP) is 2.78. The summed E-state index contributed by atoms with van der Waals surface area (Å²) in [5, 5.41) is 7.92. The van der Waals surface area contributed by atoms with Crippen LogP contribution >= 0.6 is 24.0 Å². The van der Waals surface area contributed by atoms with E-state index in [-0.39, 0.29) is 24.0 Å². The van der Waals surface area contributed by atoms with Gasteiger partial charge in [0.25, 0.3) is 0 Å². The summed E-state index contributed by atoms with van der Waals surface area (Å²) in [6.07, 6.45) is 5.79. The molecule has 0 saturated carbocycles. The highest BCUT2D eigenvalue weighted by Crippen LogP contribution is 2.13. The number of aromatic nitrogens is 3. The van der Waals surface area contributed by atoms with Crippen LogP contribution in [-0.4, -0.2) is 58.9 Å². The average molecular weight is 503 g/mol. The molecule has 152 valence electrons. The van der Waals surface area contributed by atoms with E-state index in [1.807, 2.05) is 66.6 Å². The zero-order valence-electron chi connectivity index (χ0n) is 16.5. The van der Waals surface area contributed by atoms with Crippen LogP contribution in [0, 0.1) is 0 Å². The van der Waals surface area contributed by atoms with E-state index in [0.29, 0.717) is 6.54 Å². The van der Waals surface area contributed by atoms with Crippen molar-refractivity contribution in [3.63, 3.8) is 0 Å². The maximum Gasteiger partial charge on any atom is 0.194 e. The molecule has 3 aromatic rings. The number of rotatable bonds is 4. The Bertz CT molecular complexity index is 903. The quantitative estimate of drug-likeness (QED) is 0.337. The molecule has 2 aromatic heterocycles. The van der Waals surface area contributed by atoms with Gasteiger partial charge < -0.3 is 15.1 Å². The Labute approximate surface area is 188 Å². The van der Waals surface area contributed by atoms with Crippen LogP contribution in [0.15, 0.2) is 72.1 Å². The van der Waals surface area contributed by atoms with Crippen LogP contribution in [0.5, 0.6) is 0 Å². The molecular weight excluding hydrogens is 477 g/mol. The summed E-state index contributed by atoms with van der Waals surface area (Å²) in [5.74, 6) is 1.96. The molecule has 7 nitrogen and oxygen atoms in total. The molecule has 0 aliphatic carbocycles. The molecule has 3 heterocycles. The lowest BCUT2D eigenvalue weighted by Crippen LogP contribution is -2.52. The van der Waals surface area contributed by atoms with Crippen LogP contribution in [-0.2, 0) is 6.54 Å². The van der Waals surface area contributed by atoms with E-state index < -0.39 is 0 Å². The van der Waals surface area contributed by atoms with Gasteiger partial charge in [-0.05, 0) is 24.3 Å². The van der Waals surface area contributed by atoms with Crippen LogP contribution in [0.4, 0.5) is 5.82 Å². The Morgan fingerprint density at radius 3 is 2.48 bits per heavy atom. The molecule has 1 aliphatic heterocycles. The highest BCUT2D eigenvalue weighted by atomic mass is 127. The van der Waals surface area contributed by atoms with Gasteiger partial charge in [-0.3, -0.25) is 4.99 Å². The molecule has 29 heavy (non-hydrogen) atoms. The Balaban J connectivity index is 0.00000240. The average Bonchev–Trinajstić information content (AvgIpc) is 3.25. The number of hydrogen-bond donors (Lipinski definition) is 1. The number of benzene rings is 1. The first kappa shape index (κ1) is 21.1. The Morgan fingerprint density at radius 2 is 1.79 bits per heavy atom. The molecule has 1 aromatic carbocycles.